The van der Waals surface area contributed by atoms with E-state index in [1.165, 1.54) is 30.0 Å². The van der Waals surface area contributed by atoms with Crippen LogP contribution in [0.5, 0.6) is 0 Å². The zero-order chi connectivity index (χ0) is 19.9. The number of anilines is 1. The van der Waals surface area contributed by atoms with Crippen LogP contribution in [0.2, 0.25) is 0 Å². The Morgan fingerprint density at radius 2 is 2.18 bits per heavy atom. The summed E-state index contributed by atoms with van der Waals surface area (Å²) in [5.41, 5.74) is 5.78. The molecule has 1 aromatic carbocycles. The van der Waals surface area contributed by atoms with E-state index in [2.05, 4.69) is 15.3 Å². The number of rotatable bonds is 3. The summed E-state index contributed by atoms with van der Waals surface area (Å²) in [7, 11) is 0. The molecule has 2 aromatic rings. The van der Waals surface area contributed by atoms with Crippen molar-refractivity contribution < 1.29 is 18.3 Å². The SMILES string of the molecule is C[C@H]1OC[C@]2(c3cc(NC(=O)c4ccc(F)cn4)ccc3F)N=C(N)SC[C@H]12. The molecule has 3 N–H and O–H groups in total. The average Bonchev–Trinajstić information content (AvgIpc) is 3.00. The summed E-state index contributed by atoms with van der Waals surface area (Å²) in [6.45, 7) is 2.15. The minimum absolute atomic E-state index is 0.0379. The molecule has 2 aliphatic heterocycles. The molecule has 146 valence electrons. The Labute approximate surface area is 164 Å². The second kappa shape index (κ2) is 7.14. The highest BCUT2D eigenvalue weighted by Gasteiger charge is 2.52. The maximum atomic E-state index is 14.8. The van der Waals surface area contributed by atoms with Crippen LogP contribution in [0.1, 0.15) is 23.0 Å². The van der Waals surface area contributed by atoms with Crippen LogP contribution in [0.4, 0.5) is 14.5 Å². The zero-order valence-electron chi connectivity index (χ0n) is 15.0. The molecule has 6 nitrogen and oxygen atoms in total. The number of carbonyl (C=O) groups excluding carboxylic acids is 1. The van der Waals surface area contributed by atoms with Gasteiger partial charge in [0, 0.05) is 22.9 Å². The lowest BCUT2D eigenvalue weighted by atomic mass is 9.79. The van der Waals surface area contributed by atoms with E-state index in [4.69, 9.17) is 10.5 Å². The molecule has 0 radical (unpaired) electrons. The summed E-state index contributed by atoms with van der Waals surface area (Å²) in [6.07, 6.45) is 0.869. The molecular weight excluding hydrogens is 386 g/mol. The number of ether oxygens (including phenoxy) is 1. The van der Waals surface area contributed by atoms with E-state index in [9.17, 15) is 13.6 Å². The number of pyridine rings is 1. The highest BCUT2D eigenvalue weighted by molar-refractivity contribution is 8.13. The number of hydrogen-bond donors (Lipinski definition) is 2. The van der Waals surface area contributed by atoms with Gasteiger partial charge in [-0.1, -0.05) is 11.8 Å². The lowest BCUT2D eigenvalue weighted by molar-refractivity contribution is 0.102. The number of aliphatic imine (C=N–C) groups is 1. The standard InChI is InChI=1S/C19H18F2N4O2S/c1-10-14-8-28-18(22)25-19(14,9-27-10)13-6-12(3-4-15(13)21)24-17(26)16-5-2-11(20)7-23-16/h2-7,10,14H,8-9H2,1H3,(H2,22,25)(H,24,26)/t10-,14-,19-/m1/s1. The summed E-state index contributed by atoms with van der Waals surface area (Å²) in [5, 5.41) is 3.05. The van der Waals surface area contributed by atoms with E-state index in [1.807, 2.05) is 6.92 Å². The predicted octanol–water partition coefficient (Wildman–Crippen LogP) is 2.90. The van der Waals surface area contributed by atoms with Crippen molar-refractivity contribution in [3.63, 3.8) is 0 Å². The average molecular weight is 404 g/mol. The minimum atomic E-state index is -0.923. The van der Waals surface area contributed by atoms with Crippen molar-refractivity contribution in [1.29, 1.82) is 0 Å². The lowest BCUT2D eigenvalue weighted by Crippen LogP contribution is -2.41. The quantitative estimate of drug-likeness (QED) is 0.821. The highest BCUT2D eigenvalue weighted by atomic mass is 32.2. The first-order valence-corrected chi connectivity index (χ1v) is 9.70. The Morgan fingerprint density at radius 3 is 2.93 bits per heavy atom. The van der Waals surface area contributed by atoms with Crippen LogP contribution < -0.4 is 11.1 Å². The highest BCUT2D eigenvalue weighted by Crippen LogP contribution is 2.48. The largest absolute Gasteiger partial charge is 0.379 e. The molecule has 1 amide bonds. The molecule has 2 aliphatic rings. The van der Waals surface area contributed by atoms with Gasteiger partial charge in [0.2, 0.25) is 0 Å². The number of aromatic nitrogens is 1. The fraction of sp³-hybridized carbons (Fsp3) is 0.316. The van der Waals surface area contributed by atoms with Gasteiger partial charge in [0.25, 0.3) is 5.91 Å². The first-order valence-electron chi connectivity index (χ1n) is 8.72. The van der Waals surface area contributed by atoms with Crippen LogP contribution in [-0.4, -0.2) is 34.5 Å². The van der Waals surface area contributed by atoms with Crippen LogP contribution in [0.25, 0.3) is 0 Å². The maximum absolute atomic E-state index is 14.8. The maximum Gasteiger partial charge on any atom is 0.274 e. The van der Waals surface area contributed by atoms with Crippen LogP contribution in [0.15, 0.2) is 41.5 Å². The Bertz CT molecular complexity index is 953. The number of nitrogens with two attached hydrogens (primary N) is 1. The van der Waals surface area contributed by atoms with Gasteiger partial charge in [0.15, 0.2) is 5.17 Å². The summed E-state index contributed by atoms with van der Waals surface area (Å²) >= 11 is 1.43. The molecule has 0 saturated carbocycles. The van der Waals surface area contributed by atoms with E-state index < -0.39 is 23.1 Å². The van der Waals surface area contributed by atoms with E-state index in [0.717, 1.165) is 12.3 Å². The van der Waals surface area contributed by atoms with Gasteiger partial charge < -0.3 is 15.8 Å². The lowest BCUT2D eigenvalue weighted by Gasteiger charge is -2.35. The van der Waals surface area contributed by atoms with Crippen LogP contribution >= 0.6 is 11.8 Å². The number of carbonyl (C=O) groups is 1. The molecule has 0 spiro atoms. The molecule has 1 aromatic heterocycles. The smallest absolute Gasteiger partial charge is 0.274 e. The van der Waals surface area contributed by atoms with E-state index >= 15 is 0 Å². The summed E-state index contributed by atoms with van der Waals surface area (Å²) in [5.74, 6) is -0.865. The summed E-state index contributed by atoms with van der Waals surface area (Å²) in [6, 6.07) is 6.72. The van der Waals surface area contributed by atoms with Crippen molar-refractivity contribution in [2.45, 2.75) is 18.6 Å². The number of hydrogen-bond acceptors (Lipinski definition) is 6. The molecule has 0 unspecified atom stereocenters. The number of nitrogens with one attached hydrogen (secondary N) is 1. The second-order valence-corrected chi connectivity index (χ2v) is 7.86. The fourth-order valence-electron chi connectivity index (χ4n) is 3.64. The van der Waals surface area contributed by atoms with Gasteiger partial charge in [-0.15, -0.1) is 0 Å². The molecule has 0 bridgehead atoms. The molecule has 3 atom stereocenters. The Balaban J connectivity index is 1.68. The van der Waals surface area contributed by atoms with Crippen molar-refractivity contribution in [3.05, 3.63) is 59.4 Å². The number of benzene rings is 1. The third-order valence-electron chi connectivity index (χ3n) is 5.12. The van der Waals surface area contributed by atoms with Crippen molar-refractivity contribution in [3.8, 4) is 0 Å². The summed E-state index contributed by atoms with van der Waals surface area (Å²) < 4.78 is 33.6. The zero-order valence-corrected chi connectivity index (χ0v) is 15.8. The van der Waals surface area contributed by atoms with Gasteiger partial charge in [-0.25, -0.2) is 18.8 Å². The van der Waals surface area contributed by atoms with Gasteiger partial charge in [0.1, 0.15) is 22.9 Å². The van der Waals surface area contributed by atoms with Gasteiger partial charge in [-0.2, -0.15) is 0 Å². The van der Waals surface area contributed by atoms with Gasteiger partial charge in [-0.05, 0) is 37.3 Å². The molecule has 4 rings (SSSR count). The normalized spacial score (nSPS) is 26.5. The Kier molecular flexibility index (Phi) is 4.80. The van der Waals surface area contributed by atoms with Gasteiger partial charge in [-0.3, -0.25) is 4.79 Å². The monoisotopic (exact) mass is 404 g/mol. The van der Waals surface area contributed by atoms with Crippen molar-refractivity contribution >= 4 is 28.5 Å². The topological polar surface area (TPSA) is 89.6 Å². The van der Waals surface area contributed by atoms with Crippen LogP contribution in [0.3, 0.4) is 0 Å². The van der Waals surface area contributed by atoms with E-state index in [-0.39, 0.29) is 24.3 Å². The Morgan fingerprint density at radius 1 is 1.36 bits per heavy atom. The number of nitrogens with zero attached hydrogens (tertiary/aromatic N) is 2. The first kappa shape index (κ1) is 18.8. The second-order valence-electron chi connectivity index (χ2n) is 6.82. The van der Waals surface area contributed by atoms with E-state index in [1.54, 1.807) is 6.07 Å². The van der Waals surface area contributed by atoms with Gasteiger partial charge >= 0.3 is 0 Å². The number of thioether (sulfide) groups is 1. The molecule has 1 fully saturated rings. The predicted molar refractivity (Wildman–Crippen MR) is 103 cm³/mol. The summed E-state index contributed by atoms with van der Waals surface area (Å²) in [4.78, 5) is 20.7. The van der Waals surface area contributed by atoms with Crippen molar-refractivity contribution in [2.24, 2.45) is 16.6 Å². The fourth-order valence-corrected chi connectivity index (χ4v) is 4.76. The first-order chi connectivity index (χ1) is 13.4. The number of fused-ring (bicyclic) bond motifs is 1. The van der Waals surface area contributed by atoms with E-state index in [0.29, 0.717) is 22.2 Å². The molecule has 9 heteroatoms. The number of halogens is 2. The number of amidine groups is 1. The van der Waals surface area contributed by atoms with Crippen LogP contribution in [0, 0.1) is 17.6 Å². The molecule has 1 saturated heterocycles. The molecule has 0 aliphatic carbocycles. The molecule has 3 heterocycles. The number of amides is 1. The third-order valence-corrected chi connectivity index (χ3v) is 6.03. The third kappa shape index (κ3) is 3.24. The van der Waals surface area contributed by atoms with Crippen LogP contribution in [-0.2, 0) is 10.3 Å². The molecular formula is C19H18F2N4O2S. The molecule has 28 heavy (non-hydrogen) atoms. The minimum Gasteiger partial charge on any atom is -0.379 e. The van der Waals surface area contributed by atoms with Crippen molar-refractivity contribution in [1.82, 2.24) is 4.98 Å². The van der Waals surface area contributed by atoms with Crippen molar-refractivity contribution in [2.75, 3.05) is 17.7 Å². The van der Waals surface area contributed by atoms with Gasteiger partial charge in [0.05, 0.1) is 18.9 Å². The Hall–Kier alpha value is -2.52.